The Morgan fingerprint density at radius 2 is 1.68 bits per heavy atom. The van der Waals surface area contributed by atoms with Gasteiger partial charge in [0.15, 0.2) is 6.54 Å². The second-order valence-electron chi connectivity index (χ2n) is 7.21. The van der Waals surface area contributed by atoms with Crippen molar-refractivity contribution >= 4 is 15.9 Å². The molecule has 0 bridgehead atoms. The van der Waals surface area contributed by atoms with Gasteiger partial charge in [-0.15, -0.1) is 0 Å². The molecule has 2 heterocycles. The Kier molecular flexibility index (Phi) is 5.76. The maximum absolute atomic E-state index is 12.6. The number of carbonyl (C=O) groups excluding carboxylic acids is 1. The molecule has 138 valence electrons. The molecule has 0 unspecified atom stereocenters. The zero-order valence-electron chi connectivity index (χ0n) is 14.9. The topological polar surface area (TPSA) is 62.1 Å². The summed E-state index contributed by atoms with van der Waals surface area (Å²) in [6, 6.07) is 8.50. The number of piperidine rings is 1. The quantitative estimate of drug-likeness (QED) is 0.805. The van der Waals surface area contributed by atoms with Gasteiger partial charge in [-0.05, 0) is 30.9 Å². The first-order valence-corrected chi connectivity index (χ1v) is 10.6. The molecule has 1 aromatic carbocycles. The highest BCUT2D eigenvalue weighted by Crippen LogP contribution is 2.17. The van der Waals surface area contributed by atoms with Crippen molar-refractivity contribution in [3.05, 3.63) is 30.3 Å². The lowest BCUT2D eigenvalue weighted by Gasteiger charge is -2.35. The summed E-state index contributed by atoms with van der Waals surface area (Å²) in [7, 11) is -3.45. The summed E-state index contributed by atoms with van der Waals surface area (Å²) in [5.74, 6) is 0.923. The maximum Gasteiger partial charge on any atom is 0.277 e. The molecule has 0 aliphatic carbocycles. The van der Waals surface area contributed by atoms with Gasteiger partial charge in [0, 0.05) is 26.2 Å². The maximum atomic E-state index is 12.6. The molecular weight excluding hydrogens is 338 g/mol. The van der Waals surface area contributed by atoms with E-state index in [1.807, 2.05) is 4.90 Å². The fourth-order valence-electron chi connectivity index (χ4n) is 3.59. The van der Waals surface area contributed by atoms with Crippen LogP contribution in [-0.4, -0.2) is 69.3 Å². The molecule has 2 aliphatic rings. The third-order valence-corrected chi connectivity index (χ3v) is 7.27. The van der Waals surface area contributed by atoms with Crippen molar-refractivity contribution in [2.24, 2.45) is 5.92 Å². The van der Waals surface area contributed by atoms with Crippen LogP contribution in [0, 0.1) is 5.92 Å². The van der Waals surface area contributed by atoms with Crippen molar-refractivity contribution in [3.63, 3.8) is 0 Å². The molecule has 0 radical (unpaired) electrons. The van der Waals surface area contributed by atoms with Crippen LogP contribution in [0.3, 0.4) is 0 Å². The molecule has 7 heteroatoms. The van der Waals surface area contributed by atoms with Gasteiger partial charge < -0.3 is 9.80 Å². The van der Waals surface area contributed by atoms with Gasteiger partial charge in [-0.2, -0.15) is 4.31 Å². The summed E-state index contributed by atoms with van der Waals surface area (Å²) in [6.07, 6.45) is 2.37. The Bertz CT molecular complexity index is 677. The predicted molar refractivity (Wildman–Crippen MR) is 95.7 cm³/mol. The smallest absolute Gasteiger partial charge is 0.277 e. The van der Waals surface area contributed by atoms with Gasteiger partial charge >= 0.3 is 0 Å². The number of carbonyl (C=O) groups is 1. The van der Waals surface area contributed by atoms with E-state index in [1.54, 1.807) is 30.3 Å². The molecule has 2 fully saturated rings. The zero-order valence-corrected chi connectivity index (χ0v) is 15.7. The van der Waals surface area contributed by atoms with E-state index >= 15 is 0 Å². The minimum Gasteiger partial charge on any atom is -0.335 e. The second-order valence-corrected chi connectivity index (χ2v) is 9.15. The Hall–Kier alpha value is -1.44. The molecule has 1 N–H and O–H groups in total. The normalized spacial score (nSPS) is 25.7. The van der Waals surface area contributed by atoms with Crippen LogP contribution in [0.5, 0.6) is 0 Å². The molecule has 0 aromatic heterocycles. The second kappa shape index (κ2) is 7.85. The summed E-state index contributed by atoms with van der Waals surface area (Å²) in [5, 5.41) is 0. The average Bonchev–Trinajstić information content (AvgIpc) is 2.64. The van der Waals surface area contributed by atoms with E-state index < -0.39 is 10.0 Å². The largest absolute Gasteiger partial charge is 0.335 e. The number of hydrogen-bond acceptors (Lipinski definition) is 3. The van der Waals surface area contributed by atoms with Gasteiger partial charge in [0.05, 0.1) is 18.0 Å². The first-order chi connectivity index (χ1) is 12.0. The molecule has 6 nitrogen and oxygen atoms in total. The van der Waals surface area contributed by atoms with Crippen molar-refractivity contribution in [1.29, 1.82) is 0 Å². The highest BCUT2D eigenvalue weighted by Gasteiger charge is 2.31. The lowest BCUT2D eigenvalue weighted by molar-refractivity contribution is -0.898. The Labute approximate surface area is 150 Å². The third-order valence-electron chi connectivity index (χ3n) is 5.35. The molecule has 0 atom stereocenters. The van der Waals surface area contributed by atoms with Crippen LogP contribution < -0.4 is 4.90 Å². The van der Waals surface area contributed by atoms with Crippen molar-refractivity contribution in [3.8, 4) is 0 Å². The van der Waals surface area contributed by atoms with Crippen LogP contribution in [0.1, 0.15) is 19.8 Å². The number of amides is 1. The Morgan fingerprint density at radius 3 is 2.28 bits per heavy atom. The number of rotatable bonds is 4. The van der Waals surface area contributed by atoms with E-state index in [-0.39, 0.29) is 5.91 Å². The number of quaternary nitrogens is 1. The van der Waals surface area contributed by atoms with Crippen LogP contribution in [-0.2, 0) is 14.8 Å². The molecule has 2 aliphatic heterocycles. The fraction of sp³-hybridized carbons (Fsp3) is 0.611. The van der Waals surface area contributed by atoms with Gasteiger partial charge in [0.2, 0.25) is 10.0 Å². The fourth-order valence-corrected chi connectivity index (χ4v) is 5.04. The number of piperazine rings is 1. The van der Waals surface area contributed by atoms with Gasteiger partial charge in [0.1, 0.15) is 0 Å². The van der Waals surface area contributed by atoms with Crippen molar-refractivity contribution in [2.75, 3.05) is 45.8 Å². The minimum absolute atomic E-state index is 0.154. The monoisotopic (exact) mass is 366 g/mol. The first-order valence-electron chi connectivity index (χ1n) is 9.13. The Morgan fingerprint density at radius 1 is 1.08 bits per heavy atom. The van der Waals surface area contributed by atoms with Crippen LogP contribution in [0.25, 0.3) is 0 Å². The predicted octanol–water partition coefficient (Wildman–Crippen LogP) is -0.166. The van der Waals surface area contributed by atoms with Crippen LogP contribution in [0.4, 0.5) is 0 Å². The van der Waals surface area contributed by atoms with Gasteiger partial charge in [-0.1, -0.05) is 25.1 Å². The molecule has 1 amide bonds. The van der Waals surface area contributed by atoms with Gasteiger partial charge in [0.25, 0.3) is 5.91 Å². The van der Waals surface area contributed by atoms with E-state index in [0.29, 0.717) is 37.6 Å². The summed E-state index contributed by atoms with van der Waals surface area (Å²) in [5.41, 5.74) is 0. The first kappa shape index (κ1) is 18.4. The SMILES string of the molecule is CC1CC[NH+](CC(=O)N2CCN(S(=O)(=O)c3ccccc3)CC2)CC1. The van der Waals surface area contributed by atoms with Crippen LogP contribution in [0.15, 0.2) is 35.2 Å². The van der Waals surface area contributed by atoms with Gasteiger partial charge in [-0.3, -0.25) is 4.79 Å². The summed E-state index contributed by atoms with van der Waals surface area (Å²) < 4.78 is 26.7. The van der Waals surface area contributed by atoms with Crippen LogP contribution in [0.2, 0.25) is 0 Å². The number of benzene rings is 1. The highest BCUT2D eigenvalue weighted by molar-refractivity contribution is 7.89. The summed E-state index contributed by atoms with van der Waals surface area (Å²) >= 11 is 0. The third kappa shape index (κ3) is 4.40. The van der Waals surface area contributed by atoms with Crippen molar-refractivity contribution < 1.29 is 18.1 Å². The van der Waals surface area contributed by atoms with E-state index in [2.05, 4.69) is 6.92 Å². The van der Waals surface area contributed by atoms with Crippen molar-refractivity contribution in [1.82, 2.24) is 9.21 Å². The molecule has 0 saturated carbocycles. The Balaban J connectivity index is 1.52. The molecular formula is C18H28N3O3S+. The standard InChI is InChI=1S/C18H27N3O3S/c1-16-7-9-19(10-8-16)15-18(22)20-11-13-21(14-12-20)25(23,24)17-5-3-2-4-6-17/h2-6,16H,7-15H2,1H3/p+1. The summed E-state index contributed by atoms with van der Waals surface area (Å²) in [6.45, 7) is 6.64. The van der Waals surface area contributed by atoms with Crippen LogP contribution >= 0.6 is 0 Å². The molecule has 1 aromatic rings. The van der Waals surface area contributed by atoms with E-state index in [9.17, 15) is 13.2 Å². The summed E-state index contributed by atoms with van der Waals surface area (Å²) in [4.78, 5) is 16.0. The zero-order chi connectivity index (χ0) is 17.9. The lowest BCUT2D eigenvalue weighted by Crippen LogP contribution is -3.14. The number of sulfonamides is 1. The molecule has 25 heavy (non-hydrogen) atoms. The van der Waals surface area contributed by atoms with Crippen molar-refractivity contribution in [2.45, 2.75) is 24.7 Å². The highest BCUT2D eigenvalue weighted by atomic mass is 32.2. The van der Waals surface area contributed by atoms with E-state index in [1.165, 1.54) is 22.0 Å². The lowest BCUT2D eigenvalue weighted by atomic mass is 9.99. The minimum atomic E-state index is -3.45. The number of nitrogens with one attached hydrogen (secondary N) is 1. The van der Waals surface area contributed by atoms with Gasteiger partial charge in [-0.25, -0.2) is 8.42 Å². The molecule has 2 saturated heterocycles. The number of nitrogens with zero attached hydrogens (tertiary/aromatic N) is 2. The van der Waals surface area contributed by atoms with E-state index in [4.69, 9.17) is 0 Å². The molecule has 0 spiro atoms. The average molecular weight is 367 g/mol. The van der Waals surface area contributed by atoms with E-state index in [0.717, 1.165) is 19.0 Å². The number of hydrogen-bond donors (Lipinski definition) is 1. The number of likely N-dealkylation sites (tertiary alicyclic amines) is 1. The molecule has 3 rings (SSSR count).